The number of ether oxygens (including phenoxy) is 1. The van der Waals surface area contributed by atoms with Crippen molar-refractivity contribution in [3.8, 4) is 0 Å². The van der Waals surface area contributed by atoms with Crippen LogP contribution in [0.25, 0.3) is 17.0 Å². The number of para-hydroxylation sites is 2. The van der Waals surface area contributed by atoms with E-state index in [4.69, 9.17) is 10.5 Å². The molecular formula is C23H21N3O4. The molecule has 2 aromatic carbocycles. The Balaban J connectivity index is 1.64. The summed E-state index contributed by atoms with van der Waals surface area (Å²) in [5, 5.41) is 0.955. The Morgan fingerprint density at radius 1 is 1.00 bits per heavy atom. The first kappa shape index (κ1) is 20.7. The van der Waals surface area contributed by atoms with E-state index in [1.807, 2.05) is 36.4 Å². The van der Waals surface area contributed by atoms with Crippen molar-refractivity contribution in [2.24, 2.45) is 5.73 Å². The summed E-state index contributed by atoms with van der Waals surface area (Å²) in [6, 6.07) is 18.2. The molecule has 2 amide bonds. The van der Waals surface area contributed by atoms with Gasteiger partial charge in [0.2, 0.25) is 5.91 Å². The van der Waals surface area contributed by atoms with Crippen LogP contribution in [0.4, 0.5) is 5.69 Å². The number of hydrogen-bond donors (Lipinski definition) is 1. The van der Waals surface area contributed by atoms with Gasteiger partial charge in [-0.25, -0.2) is 4.79 Å². The van der Waals surface area contributed by atoms with Gasteiger partial charge in [0.15, 0.2) is 6.61 Å². The number of aromatic nitrogens is 1. The Labute approximate surface area is 173 Å². The highest BCUT2D eigenvalue weighted by molar-refractivity contribution is 5.97. The normalized spacial score (nSPS) is 10.8. The Kier molecular flexibility index (Phi) is 6.89. The highest BCUT2D eigenvalue weighted by Gasteiger charge is 2.17. The van der Waals surface area contributed by atoms with Gasteiger partial charge in [0.1, 0.15) is 0 Å². The lowest BCUT2D eigenvalue weighted by Crippen LogP contribution is -2.37. The second-order valence-electron chi connectivity index (χ2n) is 6.46. The van der Waals surface area contributed by atoms with Gasteiger partial charge in [0, 0.05) is 41.9 Å². The fourth-order valence-corrected chi connectivity index (χ4v) is 2.91. The smallest absolute Gasteiger partial charge is 0.331 e. The van der Waals surface area contributed by atoms with Crippen LogP contribution in [0.2, 0.25) is 0 Å². The molecule has 30 heavy (non-hydrogen) atoms. The molecule has 0 aliphatic carbocycles. The predicted molar refractivity (Wildman–Crippen MR) is 114 cm³/mol. The largest absolute Gasteiger partial charge is 0.452 e. The average Bonchev–Trinajstić information content (AvgIpc) is 2.77. The second kappa shape index (κ2) is 9.97. The number of carbonyl (C=O) groups is 3. The summed E-state index contributed by atoms with van der Waals surface area (Å²) in [7, 11) is 0. The minimum atomic E-state index is -0.654. The van der Waals surface area contributed by atoms with Gasteiger partial charge < -0.3 is 15.4 Å². The summed E-state index contributed by atoms with van der Waals surface area (Å²) < 4.78 is 5.09. The van der Waals surface area contributed by atoms with E-state index in [1.54, 1.807) is 36.5 Å². The second-order valence-corrected chi connectivity index (χ2v) is 6.46. The third-order valence-electron chi connectivity index (χ3n) is 4.35. The maximum absolute atomic E-state index is 12.6. The number of carbonyl (C=O) groups excluding carboxylic acids is 3. The first-order valence-corrected chi connectivity index (χ1v) is 9.37. The molecule has 0 spiro atoms. The number of nitrogens with two attached hydrogens (primary N) is 1. The molecule has 0 fully saturated rings. The molecule has 152 valence electrons. The van der Waals surface area contributed by atoms with E-state index in [1.165, 1.54) is 11.0 Å². The summed E-state index contributed by atoms with van der Waals surface area (Å²) in [4.78, 5) is 41.5. The zero-order valence-corrected chi connectivity index (χ0v) is 16.2. The number of esters is 1. The SMILES string of the molecule is NC(=O)CCN(C(=O)COC(=O)/C=C/c1cccc2cccnc12)c1ccccc1. The van der Waals surface area contributed by atoms with Crippen molar-refractivity contribution in [1.82, 2.24) is 4.98 Å². The number of anilines is 1. The molecule has 2 N–H and O–H groups in total. The number of nitrogens with zero attached hydrogens (tertiary/aromatic N) is 2. The Morgan fingerprint density at radius 2 is 1.77 bits per heavy atom. The van der Waals surface area contributed by atoms with Crippen LogP contribution < -0.4 is 10.6 Å². The van der Waals surface area contributed by atoms with Crippen molar-refractivity contribution in [3.63, 3.8) is 0 Å². The highest BCUT2D eigenvalue weighted by atomic mass is 16.5. The first-order valence-electron chi connectivity index (χ1n) is 9.37. The summed E-state index contributed by atoms with van der Waals surface area (Å²) in [6.45, 7) is -0.349. The Hall–Kier alpha value is -4.00. The zero-order chi connectivity index (χ0) is 21.3. The molecule has 1 heterocycles. The fraction of sp³-hybridized carbons (Fsp3) is 0.130. The molecule has 0 atom stereocenters. The number of pyridine rings is 1. The van der Waals surface area contributed by atoms with Gasteiger partial charge in [-0.05, 0) is 24.3 Å². The van der Waals surface area contributed by atoms with E-state index >= 15 is 0 Å². The number of primary amides is 1. The van der Waals surface area contributed by atoms with Gasteiger partial charge in [-0.15, -0.1) is 0 Å². The molecule has 0 unspecified atom stereocenters. The summed E-state index contributed by atoms with van der Waals surface area (Å²) >= 11 is 0. The van der Waals surface area contributed by atoms with Crippen LogP contribution in [0.15, 0.2) is 72.9 Å². The third-order valence-corrected chi connectivity index (χ3v) is 4.35. The number of amides is 2. The molecule has 7 heteroatoms. The molecule has 7 nitrogen and oxygen atoms in total. The minimum absolute atomic E-state index is 0.00254. The van der Waals surface area contributed by atoms with Crippen molar-refractivity contribution in [2.75, 3.05) is 18.1 Å². The van der Waals surface area contributed by atoms with Crippen LogP contribution in [0.3, 0.4) is 0 Å². The maximum atomic E-state index is 12.6. The molecule has 0 bridgehead atoms. The monoisotopic (exact) mass is 403 g/mol. The van der Waals surface area contributed by atoms with Gasteiger partial charge in [-0.1, -0.05) is 42.5 Å². The topological polar surface area (TPSA) is 103 Å². The van der Waals surface area contributed by atoms with Crippen molar-refractivity contribution in [1.29, 1.82) is 0 Å². The average molecular weight is 403 g/mol. The standard InChI is InChI=1S/C23H21N3O4/c24-20(27)13-15-26(19-9-2-1-3-10-19)21(28)16-30-22(29)12-11-18-7-4-6-17-8-5-14-25-23(17)18/h1-12,14H,13,15-16H2,(H2,24,27)/b12-11+. The Morgan fingerprint density at radius 3 is 2.53 bits per heavy atom. The van der Waals surface area contributed by atoms with E-state index in [9.17, 15) is 14.4 Å². The highest BCUT2D eigenvalue weighted by Crippen LogP contribution is 2.17. The van der Waals surface area contributed by atoms with Gasteiger partial charge in [0.05, 0.1) is 5.52 Å². The van der Waals surface area contributed by atoms with Gasteiger partial charge in [-0.2, -0.15) is 0 Å². The maximum Gasteiger partial charge on any atom is 0.331 e. The quantitative estimate of drug-likeness (QED) is 0.460. The molecule has 0 aliphatic heterocycles. The fourth-order valence-electron chi connectivity index (χ4n) is 2.91. The zero-order valence-electron chi connectivity index (χ0n) is 16.2. The van der Waals surface area contributed by atoms with Crippen LogP contribution in [0.5, 0.6) is 0 Å². The van der Waals surface area contributed by atoms with Crippen molar-refractivity contribution in [2.45, 2.75) is 6.42 Å². The van der Waals surface area contributed by atoms with E-state index in [2.05, 4.69) is 4.98 Å². The van der Waals surface area contributed by atoms with E-state index in [-0.39, 0.29) is 13.0 Å². The summed E-state index contributed by atoms with van der Waals surface area (Å²) in [6.07, 6.45) is 4.54. The molecule has 1 aromatic heterocycles. The van der Waals surface area contributed by atoms with Crippen LogP contribution in [0, 0.1) is 0 Å². The first-order chi connectivity index (χ1) is 14.5. The van der Waals surface area contributed by atoms with Crippen molar-refractivity contribution >= 4 is 40.4 Å². The Bertz CT molecular complexity index is 1070. The van der Waals surface area contributed by atoms with E-state index in [0.717, 1.165) is 16.5 Å². The van der Waals surface area contributed by atoms with Crippen molar-refractivity contribution < 1.29 is 19.1 Å². The van der Waals surface area contributed by atoms with Crippen LogP contribution >= 0.6 is 0 Å². The lowest BCUT2D eigenvalue weighted by atomic mass is 10.1. The third kappa shape index (κ3) is 5.51. The van der Waals surface area contributed by atoms with Gasteiger partial charge >= 0.3 is 5.97 Å². The van der Waals surface area contributed by atoms with E-state index < -0.39 is 24.4 Å². The lowest BCUT2D eigenvalue weighted by Gasteiger charge is -2.22. The molecule has 0 aliphatic rings. The molecule has 3 rings (SSSR count). The molecule has 0 radical (unpaired) electrons. The number of benzene rings is 2. The lowest BCUT2D eigenvalue weighted by molar-refractivity contribution is -0.143. The van der Waals surface area contributed by atoms with Gasteiger partial charge in [-0.3, -0.25) is 14.6 Å². The van der Waals surface area contributed by atoms with Crippen LogP contribution in [0.1, 0.15) is 12.0 Å². The van der Waals surface area contributed by atoms with Crippen LogP contribution in [-0.2, 0) is 19.1 Å². The minimum Gasteiger partial charge on any atom is -0.452 e. The molecule has 3 aromatic rings. The number of rotatable bonds is 8. The predicted octanol–water partition coefficient (Wildman–Crippen LogP) is 2.70. The number of hydrogen-bond acceptors (Lipinski definition) is 5. The summed E-state index contributed by atoms with van der Waals surface area (Å²) in [5.41, 5.74) is 7.33. The van der Waals surface area contributed by atoms with Crippen molar-refractivity contribution in [3.05, 3.63) is 78.5 Å². The molecule has 0 saturated heterocycles. The summed E-state index contributed by atoms with van der Waals surface area (Å²) in [5.74, 6) is -1.62. The number of fused-ring (bicyclic) bond motifs is 1. The molecular weight excluding hydrogens is 382 g/mol. The molecule has 0 saturated carbocycles. The van der Waals surface area contributed by atoms with E-state index in [0.29, 0.717) is 5.69 Å². The van der Waals surface area contributed by atoms with Crippen LogP contribution in [-0.4, -0.2) is 35.9 Å². The van der Waals surface area contributed by atoms with Gasteiger partial charge in [0.25, 0.3) is 5.91 Å².